The minimum atomic E-state index is 0.579. The lowest BCUT2D eigenvalue weighted by Gasteiger charge is -2.20. The van der Waals surface area contributed by atoms with E-state index >= 15 is 0 Å². The van der Waals surface area contributed by atoms with Gasteiger partial charge in [-0.1, -0.05) is 91.8 Å². The largest absolute Gasteiger partial charge is 0.0654 e. The Morgan fingerprint density at radius 3 is 1.81 bits per heavy atom. The molecule has 0 fully saturated rings. The van der Waals surface area contributed by atoms with Gasteiger partial charge in [-0.25, -0.2) is 0 Å². The average molecular weight is 360 g/mol. The number of hydrogen-bond acceptors (Lipinski definition) is 0. The van der Waals surface area contributed by atoms with Gasteiger partial charge in [-0.3, -0.25) is 0 Å². The first-order valence-electron chi connectivity index (χ1n) is 12.1. The summed E-state index contributed by atoms with van der Waals surface area (Å²) in [6.07, 6.45) is 13.8. The molecule has 0 spiro atoms. The molecule has 0 heteroatoms. The minimum absolute atomic E-state index is 0.579. The van der Waals surface area contributed by atoms with Gasteiger partial charge < -0.3 is 0 Å². The van der Waals surface area contributed by atoms with Gasteiger partial charge in [0, 0.05) is 1.37 Å². The third kappa shape index (κ3) is 9.79. The van der Waals surface area contributed by atoms with Crippen molar-refractivity contribution < 1.29 is 1.37 Å². The summed E-state index contributed by atoms with van der Waals surface area (Å²) in [5.74, 6) is 2.23. The molecule has 0 aromatic heterocycles. The summed E-state index contributed by atoms with van der Waals surface area (Å²) in [6, 6.07) is 7.54. The number of hydrogen-bond donors (Lipinski definition) is 0. The Balaban J connectivity index is 2.99. The predicted molar refractivity (Wildman–Crippen MR) is 119 cm³/mol. The standard InChI is InChI=1S/C26H46/c1-7-9-11-13-25(12-10-8-2)26-19-23(16-14-21(3)4)18-24(20-26)17-15-22(5)6/h18-22,25H,7-17H2,1-6H3/i2D. The zero-order chi connectivity index (χ0) is 20.1. The Labute approximate surface area is 166 Å². The Morgan fingerprint density at radius 2 is 1.31 bits per heavy atom. The summed E-state index contributed by atoms with van der Waals surface area (Å²) in [7, 11) is 0. The van der Waals surface area contributed by atoms with E-state index < -0.39 is 0 Å². The van der Waals surface area contributed by atoms with E-state index in [0.717, 1.165) is 18.3 Å². The zero-order valence-electron chi connectivity index (χ0n) is 19.4. The van der Waals surface area contributed by atoms with Gasteiger partial charge in [0.25, 0.3) is 0 Å². The van der Waals surface area contributed by atoms with Gasteiger partial charge in [0.1, 0.15) is 0 Å². The molecule has 0 saturated carbocycles. The van der Waals surface area contributed by atoms with Crippen LogP contribution in [0, 0.1) is 11.8 Å². The van der Waals surface area contributed by atoms with Crippen molar-refractivity contribution in [2.45, 2.75) is 118 Å². The third-order valence-electron chi connectivity index (χ3n) is 5.53. The fourth-order valence-electron chi connectivity index (χ4n) is 3.74. The van der Waals surface area contributed by atoms with Crippen LogP contribution >= 0.6 is 0 Å². The quantitative estimate of drug-likeness (QED) is 0.291. The summed E-state index contributed by atoms with van der Waals surface area (Å²) in [5, 5.41) is 0. The molecular weight excluding hydrogens is 312 g/mol. The van der Waals surface area contributed by atoms with Crippen molar-refractivity contribution >= 4 is 0 Å². The Bertz CT molecular complexity index is 449. The third-order valence-corrected chi connectivity index (χ3v) is 5.53. The first-order chi connectivity index (χ1) is 13.0. The molecule has 1 unspecified atom stereocenters. The molecule has 0 bridgehead atoms. The van der Waals surface area contributed by atoms with Crippen LogP contribution in [0.4, 0.5) is 0 Å². The van der Waals surface area contributed by atoms with Crippen LogP contribution in [0.25, 0.3) is 0 Å². The number of unbranched alkanes of at least 4 members (excludes halogenated alkanes) is 3. The highest BCUT2D eigenvalue weighted by Gasteiger charge is 2.14. The topological polar surface area (TPSA) is 0 Å². The Kier molecular flexibility index (Phi) is 11.1. The Hall–Kier alpha value is -0.780. The molecule has 0 aliphatic rings. The maximum Gasteiger partial charge on any atom is 0.0230 e. The molecule has 0 amide bonds. The van der Waals surface area contributed by atoms with Crippen LogP contribution in [0.2, 0.25) is 0 Å². The second-order valence-corrected chi connectivity index (χ2v) is 9.14. The highest BCUT2D eigenvalue weighted by Crippen LogP contribution is 2.30. The normalized spacial score (nSPS) is 13.4. The van der Waals surface area contributed by atoms with Gasteiger partial charge in [0.2, 0.25) is 0 Å². The van der Waals surface area contributed by atoms with Crippen molar-refractivity contribution in [3.8, 4) is 0 Å². The first-order valence-corrected chi connectivity index (χ1v) is 11.4. The molecule has 26 heavy (non-hydrogen) atoms. The highest BCUT2D eigenvalue weighted by atomic mass is 14.2. The molecule has 0 aliphatic heterocycles. The van der Waals surface area contributed by atoms with Gasteiger partial charge in [-0.05, 0) is 73.0 Å². The monoisotopic (exact) mass is 359 g/mol. The van der Waals surface area contributed by atoms with Gasteiger partial charge in [-0.15, -0.1) is 0 Å². The molecular formula is C26H46. The molecule has 150 valence electrons. The second-order valence-electron chi connectivity index (χ2n) is 9.14. The van der Waals surface area contributed by atoms with Gasteiger partial charge in [0.15, 0.2) is 0 Å². The van der Waals surface area contributed by atoms with Crippen molar-refractivity contribution in [2.75, 3.05) is 0 Å². The first kappa shape index (κ1) is 21.5. The lowest BCUT2D eigenvalue weighted by atomic mass is 9.85. The van der Waals surface area contributed by atoms with E-state index in [4.69, 9.17) is 1.37 Å². The smallest absolute Gasteiger partial charge is 0.0230 e. The van der Waals surface area contributed by atoms with E-state index in [2.05, 4.69) is 52.8 Å². The van der Waals surface area contributed by atoms with Crippen LogP contribution in [-0.2, 0) is 12.8 Å². The molecule has 1 aromatic rings. The van der Waals surface area contributed by atoms with Gasteiger partial charge in [0.05, 0.1) is 0 Å². The summed E-state index contributed by atoms with van der Waals surface area (Å²) in [6.45, 7) is 12.2. The molecule has 0 heterocycles. The van der Waals surface area contributed by atoms with Crippen LogP contribution in [-0.4, -0.2) is 0 Å². The van der Waals surface area contributed by atoms with Crippen molar-refractivity contribution in [1.82, 2.24) is 0 Å². The van der Waals surface area contributed by atoms with Crippen molar-refractivity contribution in [3.05, 3.63) is 34.9 Å². The summed E-state index contributed by atoms with van der Waals surface area (Å²) in [4.78, 5) is 0. The molecule has 0 saturated heterocycles. The van der Waals surface area contributed by atoms with Crippen molar-refractivity contribution in [2.24, 2.45) is 11.8 Å². The van der Waals surface area contributed by atoms with Crippen molar-refractivity contribution in [1.29, 1.82) is 0 Å². The van der Waals surface area contributed by atoms with Crippen molar-refractivity contribution in [3.63, 3.8) is 0 Å². The van der Waals surface area contributed by atoms with E-state index in [9.17, 15) is 0 Å². The summed E-state index contributed by atoms with van der Waals surface area (Å²) in [5.41, 5.74) is 4.71. The number of aryl methyl sites for hydroxylation is 2. The Morgan fingerprint density at radius 1 is 0.731 bits per heavy atom. The fraction of sp³-hybridized carbons (Fsp3) is 0.769. The molecule has 0 aliphatic carbocycles. The van der Waals surface area contributed by atoms with E-state index in [1.54, 1.807) is 16.7 Å². The van der Waals surface area contributed by atoms with Gasteiger partial charge >= 0.3 is 0 Å². The predicted octanol–water partition coefficient (Wildman–Crippen LogP) is 8.72. The van der Waals surface area contributed by atoms with E-state index in [1.807, 2.05) is 0 Å². The fourth-order valence-corrected chi connectivity index (χ4v) is 3.74. The maximum atomic E-state index is 7.48. The molecule has 1 aromatic carbocycles. The molecule has 0 nitrogen and oxygen atoms in total. The second kappa shape index (κ2) is 13.4. The minimum Gasteiger partial charge on any atom is -0.0654 e. The van der Waals surface area contributed by atoms with E-state index in [0.29, 0.717) is 12.8 Å². The van der Waals surface area contributed by atoms with Crippen LogP contribution in [0.5, 0.6) is 0 Å². The molecule has 1 atom stereocenters. The average Bonchev–Trinajstić information content (AvgIpc) is 2.63. The van der Waals surface area contributed by atoms with Gasteiger partial charge in [-0.2, -0.15) is 0 Å². The zero-order valence-corrected chi connectivity index (χ0v) is 18.4. The lowest BCUT2D eigenvalue weighted by Crippen LogP contribution is -2.04. The molecule has 0 radical (unpaired) electrons. The number of benzene rings is 1. The summed E-state index contributed by atoms with van der Waals surface area (Å²) < 4.78 is 7.48. The van der Waals surface area contributed by atoms with Crippen LogP contribution in [0.15, 0.2) is 18.2 Å². The summed E-state index contributed by atoms with van der Waals surface area (Å²) >= 11 is 0. The molecule has 0 N–H and O–H groups in total. The van der Waals surface area contributed by atoms with Crippen LogP contribution in [0.1, 0.15) is 123 Å². The highest BCUT2D eigenvalue weighted by molar-refractivity contribution is 5.33. The maximum absolute atomic E-state index is 7.48. The van der Waals surface area contributed by atoms with Crippen LogP contribution < -0.4 is 0 Å². The lowest BCUT2D eigenvalue weighted by molar-refractivity contribution is 0.513. The van der Waals surface area contributed by atoms with Crippen LogP contribution in [0.3, 0.4) is 0 Å². The number of rotatable bonds is 14. The SMILES string of the molecule is [2H]CCCCC(CCCCC)c1cc(CCC(C)C)cc(CCC(C)C)c1. The molecule has 1 rings (SSSR count). The van der Waals surface area contributed by atoms with E-state index in [-0.39, 0.29) is 0 Å². The van der Waals surface area contributed by atoms with E-state index in [1.165, 1.54) is 64.2 Å².